The van der Waals surface area contributed by atoms with Gasteiger partial charge >= 0.3 is 0 Å². The number of rotatable bonds is 2. The largest absolute Gasteiger partial charge is 0.285 e. The van der Waals surface area contributed by atoms with Crippen LogP contribution in [0.1, 0.15) is 16.2 Å². The molecule has 2 aromatic carbocycles. The molecular formula is C17H12N2OS2. The number of carbonyl (C=O) groups is 1. The number of ketones is 1. The summed E-state index contributed by atoms with van der Waals surface area (Å²) >= 11 is 8.93. The zero-order chi connectivity index (χ0) is 15.3. The monoisotopic (exact) mass is 324 g/mol. The van der Waals surface area contributed by atoms with Crippen LogP contribution in [0, 0.1) is 0 Å². The Labute approximate surface area is 138 Å². The molecule has 0 spiro atoms. The van der Waals surface area contributed by atoms with Gasteiger partial charge < -0.3 is 0 Å². The van der Waals surface area contributed by atoms with E-state index in [0.29, 0.717) is 11.4 Å². The molecule has 0 radical (unpaired) electrons. The van der Waals surface area contributed by atoms with Crippen LogP contribution in [0.25, 0.3) is 21.8 Å². The van der Waals surface area contributed by atoms with Gasteiger partial charge in [0.05, 0.1) is 11.0 Å². The molecule has 22 heavy (non-hydrogen) atoms. The number of hydrogen-bond donors (Lipinski definition) is 2. The zero-order valence-electron chi connectivity index (χ0n) is 11.5. The first kappa shape index (κ1) is 13.5. The molecule has 0 fully saturated rings. The van der Waals surface area contributed by atoms with E-state index in [4.69, 9.17) is 0 Å². The van der Waals surface area contributed by atoms with Gasteiger partial charge in [0, 0.05) is 10.8 Å². The summed E-state index contributed by atoms with van der Waals surface area (Å²) in [6.45, 7) is 0. The average Bonchev–Trinajstić information content (AvgIpc) is 3.06. The van der Waals surface area contributed by atoms with E-state index >= 15 is 0 Å². The van der Waals surface area contributed by atoms with Gasteiger partial charge in [-0.1, -0.05) is 62.0 Å². The number of thiol groups is 2. The predicted octanol–water partition coefficient (Wildman–Crippen LogP) is 4.21. The molecule has 4 rings (SSSR count). The van der Waals surface area contributed by atoms with E-state index in [1.165, 1.54) is 0 Å². The molecule has 0 atom stereocenters. The Morgan fingerprint density at radius 1 is 0.727 bits per heavy atom. The van der Waals surface area contributed by atoms with Crippen LogP contribution in [0.5, 0.6) is 0 Å². The normalized spacial score (nSPS) is 11.4. The van der Waals surface area contributed by atoms with Gasteiger partial charge in [0.1, 0.15) is 11.4 Å². The average molecular weight is 324 g/mol. The second-order valence-corrected chi connectivity index (χ2v) is 5.93. The van der Waals surface area contributed by atoms with Crippen LogP contribution in [-0.4, -0.2) is 13.7 Å². The first-order valence-corrected chi connectivity index (χ1v) is 7.61. The Hall–Kier alpha value is -2.11. The van der Waals surface area contributed by atoms with Crippen molar-refractivity contribution >= 4 is 53.2 Å². The summed E-state index contributed by atoms with van der Waals surface area (Å²) in [4.78, 5) is 12.9. The number of benzene rings is 2. The van der Waals surface area contributed by atoms with E-state index in [1.807, 2.05) is 60.7 Å². The first-order chi connectivity index (χ1) is 10.7. The summed E-state index contributed by atoms with van der Waals surface area (Å²) < 4.78 is 3.26. The summed E-state index contributed by atoms with van der Waals surface area (Å²) in [5, 5.41) is 1.98. The Kier molecular flexibility index (Phi) is 3.06. The number of fused-ring (bicyclic) bond motifs is 2. The summed E-state index contributed by atoms with van der Waals surface area (Å²) in [6, 6.07) is 19.3. The number of hydrogen-bond acceptors (Lipinski definition) is 3. The van der Waals surface area contributed by atoms with Crippen LogP contribution < -0.4 is 0 Å². The Morgan fingerprint density at radius 2 is 1.14 bits per heavy atom. The molecule has 5 heteroatoms. The standard InChI is InChI=1S/C17H12N2OS2/c20-17(15-9-11-5-1-3-7-13(11)18(15)21)16-10-12-6-2-4-8-14(12)19(16)22/h1-10,21-22H. The maximum atomic E-state index is 12.9. The van der Waals surface area contributed by atoms with Crippen LogP contribution in [0.3, 0.4) is 0 Å². The van der Waals surface area contributed by atoms with Crippen LogP contribution in [0.2, 0.25) is 0 Å². The van der Waals surface area contributed by atoms with E-state index in [0.717, 1.165) is 21.8 Å². The van der Waals surface area contributed by atoms with E-state index < -0.39 is 0 Å². The number of carbonyl (C=O) groups excluding carboxylic acids is 1. The molecule has 0 amide bonds. The van der Waals surface area contributed by atoms with Crippen molar-refractivity contribution in [3.8, 4) is 0 Å². The minimum atomic E-state index is -0.0996. The molecule has 0 N–H and O–H groups in total. The summed E-state index contributed by atoms with van der Waals surface area (Å²) in [6.07, 6.45) is 0. The molecule has 2 heterocycles. The van der Waals surface area contributed by atoms with Gasteiger partial charge in [-0.3, -0.25) is 12.7 Å². The fraction of sp³-hybridized carbons (Fsp3) is 0. The first-order valence-electron chi connectivity index (χ1n) is 6.81. The highest BCUT2D eigenvalue weighted by Gasteiger charge is 2.20. The lowest BCUT2D eigenvalue weighted by molar-refractivity contribution is 0.102. The third-order valence-electron chi connectivity index (χ3n) is 3.84. The lowest BCUT2D eigenvalue weighted by atomic mass is 10.2. The van der Waals surface area contributed by atoms with Crippen molar-refractivity contribution in [2.75, 3.05) is 0 Å². The minimum Gasteiger partial charge on any atom is -0.285 e. The van der Waals surface area contributed by atoms with Crippen LogP contribution >= 0.6 is 25.6 Å². The lowest BCUT2D eigenvalue weighted by Crippen LogP contribution is -2.07. The molecule has 0 aliphatic rings. The third-order valence-corrected chi connectivity index (χ3v) is 4.70. The molecule has 0 saturated carbocycles. The predicted molar refractivity (Wildman–Crippen MR) is 96.1 cm³/mol. The lowest BCUT2D eigenvalue weighted by Gasteiger charge is -2.03. The van der Waals surface area contributed by atoms with Gasteiger partial charge in [-0.05, 0) is 24.3 Å². The van der Waals surface area contributed by atoms with Crippen LogP contribution in [0.4, 0.5) is 0 Å². The van der Waals surface area contributed by atoms with Gasteiger partial charge in [0.2, 0.25) is 5.78 Å². The fourth-order valence-electron chi connectivity index (χ4n) is 2.74. The van der Waals surface area contributed by atoms with Gasteiger partial charge in [0.15, 0.2) is 0 Å². The second kappa shape index (κ2) is 4.97. The molecule has 0 bridgehead atoms. The summed E-state index contributed by atoms with van der Waals surface area (Å²) in [5.74, 6) is -0.0996. The fourth-order valence-corrected chi connectivity index (χ4v) is 3.40. The van der Waals surface area contributed by atoms with Crippen molar-refractivity contribution in [3.05, 3.63) is 72.1 Å². The zero-order valence-corrected chi connectivity index (χ0v) is 13.3. The van der Waals surface area contributed by atoms with E-state index in [2.05, 4.69) is 25.6 Å². The van der Waals surface area contributed by atoms with Crippen molar-refractivity contribution in [1.82, 2.24) is 7.94 Å². The highest BCUT2D eigenvalue weighted by molar-refractivity contribution is 7.79. The third kappa shape index (κ3) is 1.90. The molecule has 0 unspecified atom stereocenters. The smallest absolute Gasteiger partial charge is 0.227 e. The van der Waals surface area contributed by atoms with Crippen LogP contribution in [0.15, 0.2) is 60.7 Å². The second-order valence-electron chi connectivity index (χ2n) is 5.13. The summed E-state index contributed by atoms with van der Waals surface area (Å²) in [5.41, 5.74) is 2.89. The van der Waals surface area contributed by atoms with E-state index in [1.54, 1.807) is 7.94 Å². The highest BCUT2D eigenvalue weighted by Crippen LogP contribution is 2.26. The SMILES string of the molecule is O=C(c1cc2ccccc2n1S)c1cc2ccccc2n1S. The summed E-state index contributed by atoms with van der Waals surface area (Å²) in [7, 11) is 0. The molecule has 0 aliphatic heterocycles. The maximum Gasteiger partial charge on any atom is 0.227 e. The number of aromatic nitrogens is 2. The van der Waals surface area contributed by atoms with E-state index in [9.17, 15) is 4.79 Å². The number of nitrogens with zero attached hydrogens (tertiary/aromatic N) is 2. The van der Waals surface area contributed by atoms with Gasteiger partial charge in [-0.2, -0.15) is 0 Å². The minimum absolute atomic E-state index is 0.0996. The topological polar surface area (TPSA) is 26.9 Å². The quantitative estimate of drug-likeness (QED) is 0.419. The van der Waals surface area contributed by atoms with Gasteiger partial charge in [0.25, 0.3) is 0 Å². The number of para-hydroxylation sites is 2. The molecule has 2 aromatic heterocycles. The molecular weight excluding hydrogens is 312 g/mol. The Bertz CT molecular complexity index is 948. The molecule has 3 nitrogen and oxygen atoms in total. The molecule has 0 saturated heterocycles. The van der Waals surface area contributed by atoms with Crippen molar-refractivity contribution in [3.63, 3.8) is 0 Å². The molecule has 4 aromatic rings. The van der Waals surface area contributed by atoms with Crippen molar-refractivity contribution in [2.24, 2.45) is 0 Å². The molecule has 108 valence electrons. The van der Waals surface area contributed by atoms with Crippen molar-refractivity contribution < 1.29 is 4.79 Å². The Morgan fingerprint density at radius 3 is 1.55 bits per heavy atom. The maximum absolute atomic E-state index is 12.9. The van der Waals surface area contributed by atoms with Gasteiger partial charge in [-0.15, -0.1) is 0 Å². The van der Waals surface area contributed by atoms with Gasteiger partial charge in [-0.25, -0.2) is 0 Å². The van der Waals surface area contributed by atoms with Crippen molar-refractivity contribution in [1.29, 1.82) is 0 Å². The highest BCUT2D eigenvalue weighted by atomic mass is 32.1. The van der Waals surface area contributed by atoms with Crippen LogP contribution in [-0.2, 0) is 0 Å². The molecule has 0 aliphatic carbocycles. The van der Waals surface area contributed by atoms with E-state index in [-0.39, 0.29) is 5.78 Å². The van der Waals surface area contributed by atoms with Crippen molar-refractivity contribution in [2.45, 2.75) is 0 Å². The Balaban J connectivity index is 1.92.